The molecule has 1 fully saturated rings. The second-order valence-electron chi connectivity index (χ2n) is 8.00. The number of aromatic nitrogens is 8. The zero-order chi connectivity index (χ0) is 22.1. The van der Waals surface area contributed by atoms with Crippen molar-refractivity contribution in [3.63, 3.8) is 0 Å². The fraction of sp³-hybridized carbons (Fsp3) is 0.421. The van der Waals surface area contributed by atoms with Crippen molar-refractivity contribution < 1.29 is 8.42 Å². The minimum absolute atomic E-state index is 0.147. The highest BCUT2D eigenvalue weighted by molar-refractivity contribution is 7.99. The average Bonchev–Trinajstić information content (AvgIpc) is 3.52. The van der Waals surface area contributed by atoms with Gasteiger partial charge in [0, 0.05) is 29.1 Å². The summed E-state index contributed by atoms with van der Waals surface area (Å²) in [6.45, 7) is 0. The first-order valence-electron chi connectivity index (χ1n) is 10.3. The first kappa shape index (κ1) is 20.9. The molecule has 1 aliphatic carbocycles. The van der Waals surface area contributed by atoms with Gasteiger partial charge in [-0.3, -0.25) is 9.40 Å². The number of hydrogen-bond acceptors (Lipinski definition) is 8. The van der Waals surface area contributed by atoms with E-state index in [-0.39, 0.29) is 5.95 Å². The molecule has 0 radical (unpaired) electrons. The fourth-order valence-electron chi connectivity index (χ4n) is 4.06. The van der Waals surface area contributed by atoms with Crippen molar-refractivity contribution in [1.29, 1.82) is 0 Å². The van der Waals surface area contributed by atoms with Crippen LogP contribution in [0.5, 0.6) is 0 Å². The summed E-state index contributed by atoms with van der Waals surface area (Å²) in [4.78, 5) is 16.0. The predicted molar refractivity (Wildman–Crippen MR) is 122 cm³/mol. The molecule has 11 nitrogen and oxygen atoms in total. The number of aromatic amines is 2. The monoisotopic (exact) mass is 473 g/mol. The number of H-pyrrole nitrogens is 2. The summed E-state index contributed by atoms with van der Waals surface area (Å²) < 4.78 is 26.9. The van der Waals surface area contributed by atoms with Gasteiger partial charge in [0.1, 0.15) is 12.0 Å². The lowest BCUT2D eigenvalue weighted by molar-refractivity contribution is 0.277. The van der Waals surface area contributed by atoms with Gasteiger partial charge in [-0.2, -0.15) is 10.1 Å². The lowest BCUT2D eigenvalue weighted by atomic mass is 9.87. The molecule has 0 bridgehead atoms. The van der Waals surface area contributed by atoms with E-state index in [4.69, 9.17) is 0 Å². The van der Waals surface area contributed by atoms with Crippen LogP contribution >= 0.6 is 11.8 Å². The third-order valence-electron chi connectivity index (χ3n) is 5.61. The van der Waals surface area contributed by atoms with Gasteiger partial charge in [0.15, 0.2) is 0 Å². The van der Waals surface area contributed by atoms with E-state index in [1.165, 1.54) is 0 Å². The molecule has 0 spiro atoms. The van der Waals surface area contributed by atoms with Gasteiger partial charge < -0.3 is 4.98 Å². The van der Waals surface area contributed by atoms with Crippen LogP contribution in [0.1, 0.15) is 31.7 Å². The van der Waals surface area contributed by atoms with Crippen molar-refractivity contribution in [1.82, 2.24) is 39.9 Å². The van der Waals surface area contributed by atoms with Crippen molar-refractivity contribution in [2.24, 2.45) is 5.92 Å². The highest BCUT2D eigenvalue weighted by Gasteiger charge is 2.24. The maximum atomic E-state index is 11.3. The SMILES string of the molecule is CS(=O)(=O)Nc1nc(SCC2CCC(n3cc(-c4ncnc5[nH]ccc45)cn3)CC2)n[nH]1. The molecule has 0 saturated heterocycles. The van der Waals surface area contributed by atoms with Gasteiger partial charge in [-0.1, -0.05) is 11.8 Å². The molecule has 0 amide bonds. The van der Waals surface area contributed by atoms with Crippen LogP contribution in [0.3, 0.4) is 0 Å². The number of nitrogens with zero attached hydrogens (tertiary/aromatic N) is 6. The van der Waals surface area contributed by atoms with Crippen LogP contribution in [0.25, 0.3) is 22.3 Å². The Morgan fingerprint density at radius 1 is 1.25 bits per heavy atom. The average molecular weight is 474 g/mol. The summed E-state index contributed by atoms with van der Waals surface area (Å²) in [5, 5.41) is 12.8. The van der Waals surface area contributed by atoms with E-state index >= 15 is 0 Å². The number of fused-ring (bicyclic) bond motifs is 1. The van der Waals surface area contributed by atoms with E-state index < -0.39 is 10.0 Å². The van der Waals surface area contributed by atoms with Crippen molar-refractivity contribution in [3.8, 4) is 11.3 Å². The first-order chi connectivity index (χ1) is 15.4. The van der Waals surface area contributed by atoms with Crippen LogP contribution in [0.2, 0.25) is 0 Å². The molecule has 0 aromatic carbocycles. The maximum Gasteiger partial charge on any atom is 0.233 e. The van der Waals surface area contributed by atoms with Gasteiger partial charge in [0.25, 0.3) is 0 Å². The van der Waals surface area contributed by atoms with Crippen molar-refractivity contribution in [2.75, 3.05) is 16.7 Å². The lowest BCUT2D eigenvalue weighted by Crippen LogP contribution is -2.19. The predicted octanol–water partition coefficient (Wildman–Crippen LogP) is 2.83. The Labute approximate surface area is 188 Å². The molecule has 5 rings (SSSR count). The Morgan fingerprint density at radius 3 is 2.91 bits per heavy atom. The number of sulfonamides is 1. The summed E-state index contributed by atoms with van der Waals surface area (Å²) >= 11 is 1.55. The number of hydrogen-bond donors (Lipinski definition) is 3. The van der Waals surface area contributed by atoms with Crippen LogP contribution < -0.4 is 4.72 Å². The topological polar surface area (TPSA) is 147 Å². The second kappa shape index (κ2) is 8.54. The highest BCUT2D eigenvalue weighted by Crippen LogP contribution is 2.35. The number of nitrogens with one attached hydrogen (secondary N) is 3. The molecule has 3 N–H and O–H groups in total. The molecule has 32 heavy (non-hydrogen) atoms. The Bertz CT molecular complexity index is 1320. The molecule has 4 aromatic heterocycles. The second-order valence-corrected chi connectivity index (χ2v) is 10.7. The molecular formula is C19H23N9O2S2. The fourth-order valence-corrected chi connectivity index (χ4v) is 5.49. The largest absolute Gasteiger partial charge is 0.346 e. The minimum atomic E-state index is -3.37. The smallest absolute Gasteiger partial charge is 0.233 e. The molecule has 4 heterocycles. The lowest BCUT2D eigenvalue weighted by Gasteiger charge is -2.28. The zero-order valence-electron chi connectivity index (χ0n) is 17.4. The minimum Gasteiger partial charge on any atom is -0.346 e. The molecule has 0 unspecified atom stereocenters. The van der Waals surface area contributed by atoms with Crippen LogP contribution in [-0.2, 0) is 10.0 Å². The summed E-state index contributed by atoms with van der Waals surface area (Å²) in [6, 6.07) is 2.36. The quantitative estimate of drug-likeness (QED) is 0.347. The number of thioether (sulfide) groups is 1. The van der Waals surface area contributed by atoms with Crippen LogP contribution in [0, 0.1) is 5.92 Å². The Hall–Kier alpha value is -2.93. The Balaban J connectivity index is 1.16. The molecule has 0 atom stereocenters. The van der Waals surface area contributed by atoms with Gasteiger partial charge in [-0.15, -0.1) is 5.10 Å². The van der Waals surface area contributed by atoms with Crippen LogP contribution in [-0.4, -0.2) is 60.3 Å². The molecule has 13 heteroatoms. The molecule has 0 aliphatic heterocycles. The van der Waals surface area contributed by atoms with E-state index in [0.29, 0.717) is 17.1 Å². The van der Waals surface area contributed by atoms with Crippen molar-refractivity contribution in [2.45, 2.75) is 36.9 Å². The number of rotatable bonds is 7. The summed E-state index contributed by atoms with van der Waals surface area (Å²) in [6.07, 6.45) is 12.8. The normalized spacial score (nSPS) is 19.4. The molecule has 1 aliphatic rings. The van der Waals surface area contributed by atoms with E-state index in [1.807, 2.05) is 18.5 Å². The third-order valence-corrected chi connectivity index (χ3v) is 7.26. The third kappa shape index (κ3) is 4.63. The van der Waals surface area contributed by atoms with Crippen LogP contribution in [0.4, 0.5) is 5.95 Å². The van der Waals surface area contributed by atoms with Crippen LogP contribution in [0.15, 0.2) is 36.1 Å². The van der Waals surface area contributed by atoms with Gasteiger partial charge in [-0.05, 0) is 37.7 Å². The summed E-state index contributed by atoms with van der Waals surface area (Å²) in [5.74, 6) is 1.62. The van der Waals surface area contributed by atoms with E-state index in [9.17, 15) is 8.42 Å². The van der Waals surface area contributed by atoms with Gasteiger partial charge >= 0.3 is 0 Å². The standard InChI is InChI=1S/C19H23N9O2S2/c1-32(29,30)27-18-24-19(26-25-18)31-10-12-2-4-14(5-3-12)28-9-13(8-23-28)16-15-6-7-20-17(15)22-11-21-16/h6-9,11-12,14H,2-5,10H2,1H3,(H,20,21,22)(H2,24,25,26,27). The van der Waals surface area contributed by atoms with E-state index in [2.05, 4.69) is 50.8 Å². The highest BCUT2D eigenvalue weighted by atomic mass is 32.2. The van der Waals surface area contributed by atoms with Crippen molar-refractivity contribution >= 4 is 38.8 Å². The Kier molecular flexibility index (Phi) is 5.59. The molecular weight excluding hydrogens is 450 g/mol. The van der Waals surface area contributed by atoms with E-state index in [0.717, 1.165) is 60.0 Å². The summed E-state index contributed by atoms with van der Waals surface area (Å²) in [5.41, 5.74) is 2.72. The Morgan fingerprint density at radius 2 is 2.09 bits per heavy atom. The van der Waals surface area contributed by atoms with Gasteiger partial charge in [-0.25, -0.2) is 23.5 Å². The van der Waals surface area contributed by atoms with Gasteiger partial charge in [0.2, 0.25) is 21.1 Å². The molecule has 168 valence electrons. The molecule has 1 saturated carbocycles. The summed E-state index contributed by atoms with van der Waals surface area (Å²) in [7, 11) is -3.37. The molecule has 4 aromatic rings. The first-order valence-corrected chi connectivity index (χ1v) is 13.2. The number of anilines is 1. The maximum absolute atomic E-state index is 11.3. The van der Waals surface area contributed by atoms with E-state index in [1.54, 1.807) is 18.1 Å². The van der Waals surface area contributed by atoms with Crippen molar-refractivity contribution in [3.05, 3.63) is 31.0 Å². The zero-order valence-corrected chi connectivity index (χ0v) is 19.0. The van der Waals surface area contributed by atoms with Gasteiger partial charge in [0.05, 0.1) is 24.2 Å².